The van der Waals surface area contributed by atoms with Crippen molar-refractivity contribution >= 4 is 28.7 Å². The summed E-state index contributed by atoms with van der Waals surface area (Å²) in [4.78, 5) is 46.0. The highest BCUT2D eigenvalue weighted by Crippen LogP contribution is 2.29. The molecule has 9 nitrogen and oxygen atoms in total. The zero-order valence-electron chi connectivity index (χ0n) is 19.3. The van der Waals surface area contributed by atoms with E-state index in [0.717, 1.165) is 11.1 Å². The lowest BCUT2D eigenvalue weighted by Gasteiger charge is -2.17. The molecule has 0 unspecified atom stereocenters. The summed E-state index contributed by atoms with van der Waals surface area (Å²) in [5, 5.41) is 6.56. The minimum Gasteiger partial charge on any atom is -0.383 e. The largest absolute Gasteiger partial charge is 0.383 e. The third kappa shape index (κ3) is 5.56. The van der Waals surface area contributed by atoms with Gasteiger partial charge in [-0.15, -0.1) is 11.3 Å². The van der Waals surface area contributed by atoms with Gasteiger partial charge < -0.3 is 15.4 Å². The second-order valence-corrected chi connectivity index (χ2v) is 8.72. The van der Waals surface area contributed by atoms with E-state index in [-0.39, 0.29) is 24.7 Å². The van der Waals surface area contributed by atoms with E-state index in [1.54, 1.807) is 6.92 Å². The molecule has 10 heteroatoms. The van der Waals surface area contributed by atoms with Crippen molar-refractivity contribution < 1.29 is 9.53 Å². The number of nitrogens with one attached hydrogen (secondary N) is 3. The Labute approximate surface area is 205 Å². The number of hydrogen-bond donors (Lipinski definition) is 3. The number of carbonyl (C=O) groups excluding carboxylic acids is 1. The normalized spacial score (nSPS) is 10.8. The summed E-state index contributed by atoms with van der Waals surface area (Å²) < 4.78 is 6.41. The zero-order chi connectivity index (χ0) is 24.8. The van der Waals surface area contributed by atoms with E-state index in [1.807, 2.05) is 60.7 Å². The molecular weight excluding hydrogens is 466 g/mol. The number of benzene rings is 2. The molecule has 0 radical (unpaired) electrons. The van der Waals surface area contributed by atoms with Gasteiger partial charge in [0.25, 0.3) is 11.5 Å². The van der Waals surface area contributed by atoms with Gasteiger partial charge in [-0.2, -0.15) is 0 Å². The van der Waals surface area contributed by atoms with Crippen molar-refractivity contribution in [3.63, 3.8) is 0 Å². The Balaban J connectivity index is 1.70. The van der Waals surface area contributed by atoms with Crippen LogP contribution in [0.15, 0.2) is 70.3 Å². The van der Waals surface area contributed by atoms with Gasteiger partial charge in [0.2, 0.25) is 0 Å². The van der Waals surface area contributed by atoms with Gasteiger partial charge in [-0.1, -0.05) is 60.7 Å². The lowest BCUT2D eigenvalue weighted by molar-refractivity contribution is 0.102. The van der Waals surface area contributed by atoms with Crippen LogP contribution in [0.5, 0.6) is 0 Å². The standard InChI is InChI=1S/C25H25N5O4S/c1-16-20(35-24(27-16)18-11-7-4-8-12-18)23(32)28-21-19(26-15-17-9-5-3-6-10-17)22(31)29-25(33)30(21)13-14-34-2/h3-12,26H,13-15H2,1-2H3,(H,28,32)(H,29,31,33). The van der Waals surface area contributed by atoms with Crippen LogP contribution in [0.1, 0.15) is 20.9 Å². The van der Waals surface area contributed by atoms with E-state index in [4.69, 9.17) is 4.74 Å². The van der Waals surface area contributed by atoms with Crippen molar-refractivity contribution in [2.45, 2.75) is 20.0 Å². The number of carbonyl (C=O) groups is 1. The fourth-order valence-electron chi connectivity index (χ4n) is 3.52. The molecule has 0 aliphatic carbocycles. The summed E-state index contributed by atoms with van der Waals surface area (Å²) in [6.07, 6.45) is 0. The van der Waals surface area contributed by atoms with Crippen LogP contribution in [-0.4, -0.2) is 34.2 Å². The summed E-state index contributed by atoms with van der Waals surface area (Å²) in [5.74, 6) is -0.382. The number of aromatic amines is 1. The monoisotopic (exact) mass is 491 g/mol. The Morgan fingerprint density at radius 3 is 2.46 bits per heavy atom. The number of nitrogens with zero attached hydrogens (tertiary/aromatic N) is 2. The first kappa shape index (κ1) is 24.1. The number of aryl methyl sites for hydroxylation is 1. The average Bonchev–Trinajstić information content (AvgIpc) is 3.26. The Hall–Kier alpha value is -4.02. The number of ether oxygens (including phenoxy) is 1. The number of H-pyrrole nitrogens is 1. The van der Waals surface area contributed by atoms with Crippen molar-refractivity contribution in [3.8, 4) is 10.6 Å². The Bertz CT molecular complexity index is 1430. The molecule has 3 N–H and O–H groups in total. The van der Waals surface area contributed by atoms with E-state index >= 15 is 0 Å². The molecule has 0 atom stereocenters. The van der Waals surface area contributed by atoms with Gasteiger partial charge in [-0.05, 0) is 12.5 Å². The van der Waals surface area contributed by atoms with Crippen molar-refractivity contribution in [2.24, 2.45) is 0 Å². The fourth-order valence-corrected chi connectivity index (χ4v) is 4.49. The van der Waals surface area contributed by atoms with Crippen LogP contribution in [0.25, 0.3) is 10.6 Å². The maximum Gasteiger partial charge on any atom is 0.330 e. The molecule has 0 saturated heterocycles. The van der Waals surface area contributed by atoms with E-state index in [0.29, 0.717) is 22.1 Å². The first-order chi connectivity index (χ1) is 17.0. The fraction of sp³-hybridized carbons (Fsp3) is 0.200. The second kappa shape index (κ2) is 10.9. The molecule has 35 heavy (non-hydrogen) atoms. The quantitative estimate of drug-likeness (QED) is 0.330. The maximum atomic E-state index is 13.3. The third-order valence-electron chi connectivity index (χ3n) is 5.29. The van der Waals surface area contributed by atoms with Gasteiger partial charge in [0.15, 0.2) is 0 Å². The van der Waals surface area contributed by atoms with E-state index < -0.39 is 17.2 Å². The Kier molecular flexibility index (Phi) is 7.54. The van der Waals surface area contributed by atoms with E-state index in [2.05, 4.69) is 20.6 Å². The summed E-state index contributed by atoms with van der Waals surface area (Å²) in [7, 11) is 1.51. The number of rotatable bonds is 9. The van der Waals surface area contributed by atoms with Crippen LogP contribution >= 0.6 is 11.3 Å². The van der Waals surface area contributed by atoms with Gasteiger partial charge in [0.05, 0.1) is 18.8 Å². The van der Waals surface area contributed by atoms with Crippen LogP contribution in [0.4, 0.5) is 11.5 Å². The first-order valence-electron chi connectivity index (χ1n) is 11.0. The molecule has 0 bridgehead atoms. The lowest BCUT2D eigenvalue weighted by Crippen LogP contribution is -2.36. The van der Waals surface area contributed by atoms with Crippen molar-refractivity contribution in [1.82, 2.24) is 14.5 Å². The molecule has 2 aromatic heterocycles. The molecular formula is C25H25N5O4S. The average molecular weight is 492 g/mol. The number of hydrogen-bond acceptors (Lipinski definition) is 7. The maximum absolute atomic E-state index is 13.3. The van der Waals surface area contributed by atoms with E-state index in [9.17, 15) is 14.4 Å². The lowest BCUT2D eigenvalue weighted by atomic mass is 10.2. The second-order valence-electron chi connectivity index (χ2n) is 7.72. The van der Waals surface area contributed by atoms with Crippen LogP contribution in [-0.2, 0) is 17.8 Å². The topological polar surface area (TPSA) is 118 Å². The molecule has 0 spiro atoms. The number of thiazole rings is 1. The van der Waals surface area contributed by atoms with Gasteiger partial charge in [-0.3, -0.25) is 19.1 Å². The number of amides is 1. The summed E-state index contributed by atoms with van der Waals surface area (Å²) in [6.45, 7) is 2.43. The number of anilines is 2. The van der Waals surface area contributed by atoms with Crippen LogP contribution in [0, 0.1) is 6.92 Å². The first-order valence-corrected chi connectivity index (χ1v) is 11.8. The van der Waals surface area contributed by atoms with Crippen LogP contribution in [0.2, 0.25) is 0 Å². The van der Waals surface area contributed by atoms with Crippen molar-refractivity contribution in [3.05, 3.63) is 97.6 Å². The molecule has 0 saturated carbocycles. The van der Waals surface area contributed by atoms with Crippen LogP contribution in [0.3, 0.4) is 0 Å². The third-order valence-corrected chi connectivity index (χ3v) is 6.49. The summed E-state index contributed by atoms with van der Waals surface area (Å²) in [6, 6.07) is 19.1. The minimum absolute atomic E-state index is 0.0748. The van der Waals surface area contributed by atoms with E-state index in [1.165, 1.54) is 23.0 Å². The van der Waals surface area contributed by atoms with Gasteiger partial charge in [0.1, 0.15) is 21.4 Å². The number of aromatic nitrogens is 3. The molecule has 0 aliphatic heterocycles. The molecule has 4 aromatic rings. The molecule has 2 heterocycles. The molecule has 2 aromatic carbocycles. The smallest absolute Gasteiger partial charge is 0.330 e. The predicted molar refractivity (Wildman–Crippen MR) is 137 cm³/mol. The summed E-state index contributed by atoms with van der Waals surface area (Å²) >= 11 is 1.25. The highest BCUT2D eigenvalue weighted by molar-refractivity contribution is 7.17. The number of methoxy groups -OCH3 is 1. The Morgan fingerprint density at radius 2 is 1.77 bits per heavy atom. The molecule has 0 aliphatic rings. The highest BCUT2D eigenvalue weighted by atomic mass is 32.1. The minimum atomic E-state index is -0.640. The summed E-state index contributed by atoms with van der Waals surface area (Å²) in [5.41, 5.74) is 1.21. The molecule has 0 fully saturated rings. The van der Waals surface area contributed by atoms with Crippen molar-refractivity contribution in [1.29, 1.82) is 0 Å². The van der Waals surface area contributed by atoms with Crippen LogP contribution < -0.4 is 21.9 Å². The van der Waals surface area contributed by atoms with Gasteiger partial charge in [-0.25, -0.2) is 9.78 Å². The molecule has 180 valence electrons. The predicted octanol–water partition coefficient (Wildman–Crippen LogP) is 3.48. The molecule has 4 rings (SSSR count). The SMILES string of the molecule is COCCn1c(NC(=O)c2sc(-c3ccccc3)nc2C)c(NCc2ccccc2)c(=O)[nH]c1=O. The van der Waals surface area contributed by atoms with Crippen molar-refractivity contribution in [2.75, 3.05) is 24.4 Å². The zero-order valence-corrected chi connectivity index (χ0v) is 20.1. The Morgan fingerprint density at radius 1 is 1.09 bits per heavy atom. The van der Waals surface area contributed by atoms with Gasteiger partial charge in [0, 0.05) is 19.2 Å². The molecule has 1 amide bonds. The highest BCUT2D eigenvalue weighted by Gasteiger charge is 2.22. The van der Waals surface area contributed by atoms with Gasteiger partial charge >= 0.3 is 5.69 Å².